The third kappa shape index (κ3) is 4.73. The monoisotopic (exact) mass is 329 g/mol. The molecule has 25 heavy (non-hydrogen) atoms. The summed E-state index contributed by atoms with van der Waals surface area (Å²) in [6.45, 7) is 4.41. The quantitative estimate of drug-likeness (QED) is 0.481. The molecule has 0 bridgehead atoms. The largest absolute Gasteiger partial charge is 0.372 e. The fourth-order valence-corrected chi connectivity index (χ4v) is 3.46. The van der Waals surface area contributed by atoms with Crippen molar-refractivity contribution in [3.05, 3.63) is 102 Å². The number of rotatable bonds is 8. The van der Waals surface area contributed by atoms with Crippen molar-refractivity contribution < 1.29 is 0 Å². The van der Waals surface area contributed by atoms with Gasteiger partial charge in [0.2, 0.25) is 0 Å². The van der Waals surface area contributed by atoms with Gasteiger partial charge in [0, 0.05) is 24.7 Å². The van der Waals surface area contributed by atoms with Gasteiger partial charge in [-0.25, -0.2) is 0 Å². The van der Waals surface area contributed by atoms with E-state index in [-0.39, 0.29) is 0 Å². The number of nitrogens with zero attached hydrogens (tertiary/aromatic N) is 1. The summed E-state index contributed by atoms with van der Waals surface area (Å²) in [6, 6.07) is 32.6. The average molecular weight is 329 g/mol. The van der Waals surface area contributed by atoms with Crippen LogP contribution in [0.3, 0.4) is 0 Å². The second kappa shape index (κ2) is 9.08. The number of anilines is 1. The van der Waals surface area contributed by atoms with Gasteiger partial charge in [0.25, 0.3) is 0 Å². The second-order valence-electron chi connectivity index (χ2n) is 6.49. The van der Waals surface area contributed by atoms with E-state index in [0.717, 1.165) is 25.9 Å². The van der Waals surface area contributed by atoms with E-state index >= 15 is 0 Å². The normalized spacial score (nSPS) is 10.8. The molecule has 0 fully saturated rings. The zero-order chi connectivity index (χ0) is 17.3. The number of benzene rings is 3. The van der Waals surface area contributed by atoms with Gasteiger partial charge in [0.1, 0.15) is 0 Å². The van der Waals surface area contributed by atoms with Crippen LogP contribution >= 0.6 is 0 Å². The second-order valence-corrected chi connectivity index (χ2v) is 6.49. The maximum atomic E-state index is 2.51. The van der Waals surface area contributed by atoms with Gasteiger partial charge >= 0.3 is 0 Å². The van der Waals surface area contributed by atoms with E-state index in [0.29, 0.717) is 5.92 Å². The van der Waals surface area contributed by atoms with E-state index in [1.165, 1.54) is 16.8 Å². The molecule has 0 amide bonds. The summed E-state index contributed by atoms with van der Waals surface area (Å²) >= 11 is 0. The summed E-state index contributed by atoms with van der Waals surface area (Å²) in [5.41, 5.74) is 4.13. The van der Waals surface area contributed by atoms with Crippen LogP contribution in [-0.4, -0.2) is 13.1 Å². The van der Waals surface area contributed by atoms with Crippen LogP contribution in [0.15, 0.2) is 91.0 Å². The molecule has 3 aromatic carbocycles. The molecule has 1 nitrogen and oxygen atoms in total. The van der Waals surface area contributed by atoms with Crippen molar-refractivity contribution in [1.82, 2.24) is 0 Å². The first kappa shape index (κ1) is 17.3. The Morgan fingerprint density at radius 1 is 0.640 bits per heavy atom. The van der Waals surface area contributed by atoms with Crippen molar-refractivity contribution in [2.75, 3.05) is 18.0 Å². The molecule has 0 atom stereocenters. The van der Waals surface area contributed by atoms with Crippen LogP contribution < -0.4 is 4.90 Å². The highest BCUT2D eigenvalue weighted by Gasteiger charge is 2.15. The van der Waals surface area contributed by atoms with Gasteiger partial charge in [-0.1, -0.05) is 85.8 Å². The third-order valence-electron chi connectivity index (χ3n) is 4.71. The Morgan fingerprint density at radius 2 is 1.12 bits per heavy atom. The average Bonchev–Trinajstić information content (AvgIpc) is 2.70. The van der Waals surface area contributed by atoms with E-state index in [9.17, 15) is 0 Å². The molecule has 0 heterocycles. The molecule has 1 heteroatoms. The van der Waals surface area contributed by atoms with Gasteiger partial charge in [-0.3, -0.25) is 0 Å². The fraction of sp³-hybridized carbons (Fsp3) is 0.250. The minimum absolute atomic E-state index is 0.436. The van der Waals surface area contributed by atoms with Crippen LogP contribution in [0.1, 0.15) is 36.8 Å². The lowest BCUT2D eigenvalue weighted by molar-refractivity contribution is 0.664. The lowest BCUT2D eigenvalue weighted by Gasteiger charge is -2.27. The molecule has 0 spiro atoms. The molecule has 0 radical (unpaired) electrons. The Hall–Kier alpha value is -2.54. The first-order valence-corrected chi connectivity index (χ1v) is 9.28. The van der Waals surface area contributed by atoms with E-state index in [1.807, 2.05) is 0 Å². The van der Waals surface area contributed by atoms with Crippen molar-refractivity contribution in [3.63, 3.8) is 0 Å². The standard InChI is InChI=1S/C24H27N/c1-2-19-25(23-16-10-5-11-17-23)20-18-24(21-12-6-3-7-13-21)22-14-8-4-9-15-22/h3-17,24H,2,18-20H2,1H3. The van der Waals surface area contributed by atoms with Crippen molar-refractivity contribution in [2.45, 2.75) is 25.7 Å². The molecule has 128 valence electrons. The lowest BCUT2D eigenvalue weighted by Crippen LogP contribution is -2.26. The van der Waals surface area contributed by atoms with Gasteiger partial charge in [-0.2, -0.15) is 0 Å². The van der Waals surface area contributed by atoms with Gasteiger partial charge < -0.3 is 4.90 Å². The minimum Gasteiger partial charge on any atom is -0.372 e. The molecule has 0 unspecified atom stereocenters. The molecule has 0 aliphatic rings. The highest BCUT2D eigenvalue weighted by atomic mass is 15.1. The van der Waals surface area contributed by atoms with Crippen LogP contribution in [0, 0.1) is 0 Å². The van der Waals surface area contributed by atoms with Crippen molar-refractivity contribution in [2.24, 2.45) is 0 Å². The summed E-state index contributed by atoms with van der Waals surface area (Å²) in [5.74, 6) is 0.436. The van der Waals surface area contributed by atoms with Crippen LogP contribution in [0.5, 0.6) is 0 Å². The van der Waals surface area contributed by atoms with Crippen molar-refractivity contribution >= 4 is 5.69 Å². The third-order valence-corrected chi connectivity index (χ3v) is 4.71. The summed E-state index contributed by atoms with van der Waals surface area (Å²) in [4.78, 5) is 2.51. The maximum absolute atomic E-state index is 2.51. The van der Waals surface area contributed by atoms with Crippen molar-refractivity contribution in [3.8, 4) is 0 Å². The maximum Gasteiger partial charge on any atom is 0.0366 e. The molecule has 3 rings (SSSR count). The molecular weight excluding hydrogens is 302 g/mol. The predicted octanol–water partition coefficient (Wildman–Crippen LogP) is 6.13. The molecule has 0 saturated heterocycles. The Kier molecular flexibility index (Phi) is 6.28. The summed E-state index contributed by atoms with van der Waals surface area (Å²) in [5, 5.41) is 0. The van der Waals surface area contributed by atoms with Crippen LogP contribution in [0.4, 0.5) is 5.69 Å². The highest BCUT2D eigenvalue weighted by molar-refractivity contribution is 5.46. The van der Waals surface area contributed by atoms with E-state index in [1.54, 1.807) is 0 Å². The molecule has 3 aromatic rings. The number of hydrogen-bond acceptors (Lipinski definition) is 1. The zero-order valence-electron chi connectivity index (χ0n) is 15.0. The molecular formula is C24H27N. The molecule has 0 aliphatic carbocycles. The smallest absolute Gasteiger partial charge is 0.0366 e. The first-order chi connectivity index (χ1) is 12.4. The van der Waals surface area contributed by atoms with Crippen LogP contribution in [0.25, 0.3) is 0 Å². The number of para-hydroxylation sites is 1. The molecule has 0 saturated carbocycles. The van der Waals surface area contributed by atoms with Crippen LogP contribution in [-0.2, 0) is 0 Å². The fourth-order valence-electron chi connectivity index (χ4n) is 3.46. The van der Waals surface area contributed by atoms with E-state index < -0.39 is 0 Å². The Morgan fingerprint density at radius 3 is 1.60 bits per heavy atom. The Bertz CT molecular complexity index is 682. The van der Waals surface area contributed by atoms with Gasteiger partial charge in [-0.05, 0) is 36.1 Å². The molecule has 0 aliphatic heterocycles. The molecule has 0 aromatic heterocycles. The minimum atomic E-state index is 0.436. The molecule has 0 N–H and O–H groups in total. The van der Waals surface area contributed by atoms with Gasteiger partial charge in [0.15, 0.2) is 0 Å². The number of hydrogen-bond donors (Lipinski definition) is 0. The van der Waals surface area contributed by atoms with E-state index in [2.05, 4.69) is 103 Å². The first-order valence-electron chi connectivity index (χ1n) is 9.28. The van der Waals surface area contributed by atoms with Gasteiger partial charge in [0.05, 0.1) is 0 Å². The Balaban J connectivity index is 1.80. The van der Waals surface area contributed by atoms with Crippen LogP contribution in [0.2, 0.25) is 0 Å². The SMILES string of the molecule is CCCN(CCC(c1ccccc1)c1ccccc1)c1ccccc1. The Labute approximate surface area is 151 Å². The van der Waals surface area contributed by atoms with Gasteiger partial charge in [-0.15, -0.1) is 0 Å². The van der Waals surface area contributed by atoms with Crippen molar-refractivity contribution in [1.29, 1.82) is 0 Å². The topological polar surface area (TPSA) is 3.24 Å². The summed E-state index contributed by atoms with van der Waals surface area (Å²) in [7, 11) is 0. The zero-order valence-corrected chi connectivity index (χ0v) is 15.0. The lowest BCUT2D eigenvalue weighted by atomic mass is 9.88. The van der Waals surface area contributed by atoms with E-state index in [4.69, 9.17) is 0 Å². The highest BCUT2D eigenvalue weighted by Crippen LogP contribution is 2.29. The summed E-state index contributed by atoms with van der Waals surface area (Å²) in [6.07, 6.45) is 2.28. The summed E-state index contributed by atoms with van der Waals surface area (Å²) < 4.78 is 0. The predicted molar refractivity (Wildman–Crippen MR) is 108 cm³/mol.